The molecular weight excluding hydrogens is 191 g/mol. The fraction of sp³-hybridized carbons (Fsp3) is 0.143. The number of aliphatic hydroxyl groups is 1. The van der Waals surface area contributed by atoms with Gasteiger partial charge in [-0.2, -0.15) is 0 Å². The molecule has 54 valence electrons. The molecule has 0 aliphatic heterocycles. The van der Waals surface area contributed by atoms with Crippen molar-refractivity contribution in [3.63, 3.8) is 0 Å². The van der Waals surface area contributed by atoms with Gasteiger partial charge in [0.2, 0.25) is 0 Å². The van der Waals surface area contributed by atoms with Crippen LogP contribution in [0.5, 0.6) is 0 Å². The van der Waals surface area contributed by atoms with Crippen LogP contribution in [0.2, 0.25) is 0 Å². The quantitative estimate of drug-likeness (QED) is 0.658. The van der Waals surface area contributed by atoms with E-state index < -0.39 is 14.6 Å². The molecule has 3 heteroatoms. The molecule has 0 aliphatic rings. The first-order valence-electron chi connectivity index (χ1n) is 3.03. The molecule has 1 aromatic carbocycles. The Morgan fingerprint density at radius 3 is 2.40 bits per heavy atom. The van der Waals surface area contributed by atoms with Crippen molar-refractivity contribution in [3.8, 4) is 0 Å². The van der Waals surface area contributed by atoms with Crippen LogP contribution in [0.4, 0.5) is 0 Å². The number of hydrogen-bond acceptors (Lipinski definition) is 2. The SMILES string of the molecule is O=[AsH](CO)c1ccccc1. The zero-order chi connectivity index (χ0) is 7.40. The van der Waals surface area contributed by atoms with E-state index in [0.29, 0.717) is 0 Å². The van der Waals surface area contributed by atoms with Gasteiger partial charge in [-0.1, -0.05) is 0 Å². The van der Waals surface area contributed by atoms with Gasteiger partial charge in [0, 0.05) is 0 Å². The molecular formula is C7H9AsO2. The molecule has 0 spiro atoms. The zero-order valence-electron chi connectivity index (χ0n) is 5.45. The van der Waals surface area contributed by atoms with E-state index in [1.165, 1.54) is 0 Å². The summed E-state index contributed by atoms with van der Waals surface area (Å²) in [5, 5.41) is 8.39. The monoisotopic (exact) mass is 200 g/mol. The van der Waals surface area contributed by atoms with Crippen LogP contribution in [0.25, 0.3) is 0 Å². The van der Waals surface area contributed by atoms with Crippen LogP contribution in [0.3, 0.4) is 0 Å². The molecule has 0 saturated heterocycles. The molecule has 2 nitrogen and oxygen atoms in total. The topological polar surface area (TPSA) is 37.3 Å². The van der Waals surface area contributed by atoms with Gasteiger partial charge in [0.1, 0.15) is 0 Å². The van der Waals surface area contributed by atoms with Crippen LogP contribution >= 0.6 is 0 Å². The van der Waals surface area contributed by atoms with E-state index >= 15 is 0 Å². The molecule has 0 aliphatic carbocycles. The minimum absolute atomic E-state index is 0.163. The van der Waals surface area contributed by atoms with Gasteiger partial charge in [0.25, 0.3) is 0 Å². The van der Waals surface area contributed by atoms with Crippen molar-refractivity contribution in [3.05, 3.63) is 30.3 Å². The predicted octanol–water partition coefficient (Wildman–Crippen LogP) is -0.421. The van der Waals surface area contributed by atoms with Gasteiger partial charge in [-0.25, -0.2) is 0 Å². The van der Waals surface area contributed by atoms with Gasteiger partial charge in [0.05, 0.1) is 0 Å². The van der Waals surface area contributed by atoms with Gasteiger partial charge < -0.3 is 0 Å². The number of benzene rings is 1. The summed E-state index contributed by atoms with van der Waals surface area (Å²) in [5.74, 6) is 0. The Hall–Kier alpha value is -0.462. The Morgan fingerprint density at radius 2 is 1.90 bits per heavy atom. The van der Waals surface area contributed by atoms with E-state index in [9.17, 15) is 3.74 Å². The van der Waals surface area contributed by atoms with Crippen molar-refractivity contribution in [1.82, 2.24) is 0 Å². The zero-order valence-corrected chi connectivity index (χ0v) is 7.55. The molecule has 0 aromatic heterocycles. The molecule has 0 saturated carbocycles. The summed E-state index contributed by atoms with van der Waals surface area (Å²) < 4.78 is 11.8. The fourth-order valence-electron chi connectivity index (χ4n) is 0.715. The summed E-state index contributed by atoms with van der Waals surface area (Å²) in [6, 6.07) is 9.11. The Labute approximate surface area is 64.0 Å². The molecule has 10 heavy (non-hydrogen) atoms. The third-order valence-electron chi connectivity index (χ3n) is 1.24. The normalized spacial score (nSPS) is 12.9. The molecule has 0 radical (unpaired) electrons. The van der Waals surface area contributed by atoms with E-state index in [-0.39, 0.29) is 5.39 Å². The minimum atomic E-state index is -2.48. The van der Waals surface area contributed by atoms with Crippen molar-refractivity contribution >= 4 is 18.9 Å². The maximum atomic E-state index is 11.0. The average molecular weight is 200 g/mol. The average Bonchev–Trinajstić information content (AvgIpc) is 2.05. The molecule has 0 heterocycles. The number of hydrogen-bond donors (Lipinski definition) is 1. The second kappa shape index (κ2) is 3.64. The summed E-state index contributed by atoms with van der Waals surface area (Å²) in [7, 11) is 0. The van der Waals surface area contributed by atoms with E-state index in [1.807, 2.05) is 18.2 Å². The molecule has 1 aromatic rings. The third kappa shape index (κ3) is 1.76. The van der Waals surface area contributed by atoms with E-state index in [4.69, 9.17) is 5.11 Å². The van der Waals surface area contributed by atoms with Crippen LogP contribution in [0.15, 0.2) is 30.3 Å². The van der Waals surface area contributed by atoms with Gasteiger partial charge in [0.15, 0.2) is 0 Å². The predicted molar refractivity (Wildman–Crippen MR) is 41.0 cm³/mol. The summed E-state index contributed by atoms with van der Waals surface area (Å²) in [6.45, 7) is 0. The number of rotatable bonds is 2. The first kappa shape index (κ1) is 7.64. The maximum absolute atomic E-state index is 11.0. The second-order valence-corrected chi connectivity index (χ2v) is 5.60. The van der Waals surface area contributed by atoms with Gasteiger partial charge >= 0.3 is 63.5 Å². The summed E-state index contributed by atoms with van der Waals surface area (Å²) >= 11 is -2.48. The fourth-order valence-corrected chi connectivity index (χ4v) is 2.28. The van der Waals surface area contributed by atoms with Crippen LogP contribution < -0.4 is 4.35 Å². The molecule has 0 amide bonds. The molecule has 1 rings (SSSR count). The molecule has 1 atom stereocenters. The van der Waals surface area contributed by atoms with Crippen molar-refractivity contribution in [2.45, 2.75) is 0 Å². The summed E-state index contributed by atoms with van der Waals surface area (Å²) in [4.78, 5) is 0. The second-order valence-electron chi connectivity index (χ2n) is 1.95. The van der Waals surface area contributed by atoms with E-state index in [1.54, 1.807) is 12.1 Å². The van der Waals surface area contributed by atoms with Gasteiger partial charge in [-0.3, -0.25) is 0 Å². The first-order valence-corrected chi connectivity index (χ1v) is 6.42. The molecule has 0 bridgehead atoms. The number of aliphatic hydroxyl groups excluding tert-OH is 1. The van der Waals surface area contributed by atoms with Crippen LogP contribution in [-0.4, -0.2) is 25.1 Å². The molecule has 0 fully saturated rings. The van der Waals surface area contributed by atoms with Crippen LogP contribution in [-0.2, 0) is 3.74 Å². The van der Waals surface area contributed by atoms with Crippen molar-refractivity contribution in [2.24, 2.45) is 0 Å². The van der Waals surface area contributed by atoms with Gasteiger partial charge in [-0.15, -0.1) is 0 Å². The van der Waals surface area contributed by atoms with Gasteiger partial charge in [-0.05, 0) is 0 Å². The Balaban J connectivity index is 2.85. The Kier molecular flexibility index (Phi) is 2.79. The standard InChI is InChI=1S/C7H9AsO2/c9-6-8(10)7-4-2-1-3-5-7/h1-5,8-9H,6H2. The molecule has 1 N–H and O–H groups in total. The Bertz CT molecular complexity index is 220. The van der Waals surface area contributed by atoms with E-state index in [0.717, 1.165) is 4.35 Å². The summed E-state index contributed by atoms with van der Waals surface area (Å²) in [6.07, 6.45) is 0. The van der Waals surface area contributed by atoms with Crippen LogP contribution in [0, 0.1) is 0 Å². The van der Waals surface area contributed by atoms with Crippen LogP contribution in [0.1, 0.15) is 0 Å². The van der Waals surface area contributed by atoms with Crippen molar-refractivity contribution in [1.29, 1.82) is 0 Å². The first-order chi connectivity index (χ1) is 4.84. The third-order valence-corrected chi connectivity index (χ3v) is 3.89. The molecule has 1 unspecified atom stereocenters. The van der Waals surface area contributed by atoms with E-state index in [2.05, 4.69) is 0 Å². The summed E-state index contributed by atoms with van der Waals surface area (Å²) in [5.41, 5.74) is 0. The Morgan fingerprint density at radius 1 is 1.30 bits per heavy atom. The van der Waals surface area contributed by atoms with Crippen molar-refractivity contribution in [2.75, 3.05) is 5.39 Å². The van der Waals surface area contributed by atoms with Crippen molar-refractivity contribution < 1.29 is 8.85 Å².